The fraction of sp³-hybridized carbons (Fsp3) is 0.529. The molecule has 0 radical (unpaired) electrons. The maximum Gasteiger partial charge on any atom is 0.415 e. The molecule has 0 saturated carbocycles. The van der Waals surface area contributed by atoms with Crippen LogP contribution in [0.4, 0.5) is 13.6 Å². The summed E-state index contributed by atoms with van der Waals surface area (Å²) in [7, 11) is 0. The monoisotopic (exact) mass is 372 g/mol. The number of rotatable bonds is 2. The Labute approximate surface area is 149 Å². The summed E-state index contributed by atoms with van der Waals surface area (Å²) in [4.78, 5) is 26.8. The number of hydrogen-bond acceptors (Lipinski definition) is 3. The summed E-state index contributed by atoms with van der Waals surface area (Å²) in [6.45, 7) is 1.68. The first-order chi connectivity index (χ1) is 11.7. The number of hydrogen-bond donors (Lipinski definition) is 0. The second-order valence-corrected chi connectivity index (χ2v) is 7.21. The molecule has 1 unspecified atom stereocenters. The van der Waals surface area contributed by atoms with E-state index in [1.54, 1.807) is 12.1 Å². The lowest BCUT2D eigenvalue weighted by molar-refractivity contribution is -0.135. The quantitative estimate of drug-likeness (QED) is 0.799. The molecule has 2 fully saturated rings. The molecule has 136 valence electrons. The van der Waals surface area contributed by atoms with Crippen molar-refractivity contribution in [3.05, 3.63) is 29.3 Å². The molecule has 0 aromatic heterocycles. The van der Waals surface area contributed by atoms with Crippen LogP contribution in [0, 0.1) is 5.92 Å². The average molecular weight is 373 g/mol. The van der Waals surface area contributed by atoms with Gasteiger partial charge in [-0.1, -0.05) is 18.5 Å². The molecular formula is C17H19ClF2N2O3. The Morgan fingerprint density at radius 3 is 2.56 bits per heavy atom. The van der Waals surface area contributed by atoms with Crippen LogP contribution in [0.2, 0.25) is 5.02 Å². The molecule has 3 rings (SSSR count). The molecule has 2 atom stereocenters. The van der Waals surface area contributed by atoms with E-state index in [9.17, 15) is 18.4 Å². The third-order valence-corrected chi connectivity index (χ3v) is 4.71. The van der Waals surface area contributed by atoms with Crippen LogP contribution in [0.5, 0.6) is 5.75 Å². The zero-order chi connectivity index (χ0) is 18.2. The molecule has 2 aliphatic heterocycles. The van der Waals surface area contributed by atoms with Gasteiger partial charge in [0.15, 0.2) is 0 Å². The van der Waals surface area contributed by atoms with Crippen molar-refractivity contribution in [2.45, 2.75) is 31.7 Å². The minimum Gasteiger partial charge on any atom is -0.410 e. The molecule has 0 spiro atoms. The van der Waals surface area contributed by atoms with Crippen molar-refractivity contribution in [2.75, 3.05) is 19.6 Å². The van der Waals surface area contributed by atoms with Gasteiger partial charge in [0.1, 0.15) is 5.75 Å². The van der Waals surface area contributed by atoms with E-state index in [0.29, 0.717) is 18.0 Å². The first kappa shape index (κ1) is 17.9. The van der Waals surface area contributed by atoms with Gasteiger partial charge in [-0.25, -0.2) is 13.6 Å². The zero-order valence-corrected chi connectivity index (χ0v) is 14.5. The van der Waals surface area contributed by atoms with Crippen molar-refractivity contribution in [3.8, 4) is 5.75 Å². The molecule has 8 heteroatoms. The van der Waals surface area contributed by atoms with Crippen LogP contribution in [0.25, 0.3) is 0 Å². The number of ether oxygens (including phenoxy) is 1. The lowest BCUT2D eigenvalue weighted by Gasteiger charge is -2.40. The number of likely N-dealkylation sites (tertiary alicyclic amines) is 2. The van der Waals surface area contributed by atoms with Crippen LogP contribution in [-0.2, 0) is 4.79 Å². The Hall–Kier alpha value is -1.89. The summed E-state index contributed by atoms with van der Waals surface area (Å²) in [5.41, 5.74) is 0. The molecule has 0 bridgehead atoms. The third kappa shape index (κ3) is 4.21. The van der Waals surface area contributed by atoms with Crippen molar-refractivity contribution >= 4 is 23.6 Å². The topological polar surface area (TPSA) is 49.9 Å². The zero-order valence-electron chi connectivity index (χ0n) is 13.8. The standard InChI is InChI=1S/C17H19ClF2N2O3/c1-11-6-15(23)22(8-11)13-7-17(19,20)10-21(9-13)16(24)25-14-4-2-12(18)3-5-14/h2-5,11,13H,6-10H2,1H3/t11?,13-/m1/s1. The number of alkyl halides is 2. The molecule has 25 heavy (non-hydrogen) atoms. The van der Waals surface area contributed by atoms with Gasteiger partial charge in [0.05, 0.1) is 12.6 Å². The van der Waals surface area contributed by atoms with Crippen molar-refractivity contribution in [2.24, 2.45) is 5.92 Å². The van der Waals surface area contributed by atoms with E-state index in [0.717, 1.165) is 4.90 Å². The van der Waals surface area contributed by atoms with Crippen LogP contribution >= 0.6 is 11.6 Å². The van der Waals surface area contributed by atoms with Crippen LogP contribution < -0.4 is 4.74 Å². The van der Waals surface area contributed by atoms with Crippen LogP contribution in [0.3, 0.4) is 0 Å². The third-order valence-electron chi connectivity index (χ3n) is 4.46. The molecular weight excluding hydrogens is 354 g/mol. The summed E-state index contributed by atoms with van der Waals surface area (Å²) >= 11 is 5.76. The van der Waals surface area contributed by atoms with Gasteiger partial charge in [-0.15, -0.1) is 0 Å². The maximum absolute atomic E-state index is 14.1. The molecule has 2 amide bonds. The molecule has 0 aliphatic carbocycles. The number of halogens is 3. The molecule has 5 nitrogen and oxygen atoms in total. The highest BCUT2D eigenvalue weighted by Gasteiger charge is 2.46. The first-order valence-corrected chi connectivity index (χ1v) is 8.51. The molecule has 1 aromatic carbocycles. The van der Waals surface area contributed by atoms with Crippen molar-refractivity contribution in [1.82, 2.24) is 9.80 Å². The van der Waals surface area contributed by atoms with Gasteiger partial charge in [-0.3, -0.25) is 9.69 Å². The minimum absolute atomic E-state index is 0.0421. The fourth-order valence-electron chi connectivity index (χ4n) is 3.36. The molecule has 0 N–H and O–H groups in total. The van der Waals surface area contributed by atoms with Crippen molar-refractivity contribution in [3.63, 3.8) is 0 Å². The SMILES string of the molecule is CC1CC(=O)N([C@H]2CN(C(=O)Oc3ccc(Cl)cc3)CC(F)(F)C2)C1. The van der Waals surface area contributed by atoms with E-state index in [2.05, 4.69) is 0 Å². The van der Waals surface area contributed by atoms with Gasteiger partial charge >= 0.3 is 6.09 Å². The predicted molar refractivity (Wildman–Crippen MR) is 87.9 cm³/mol. The number of piperidine rings is 1. The lowest BCUT2D eigenvalue weighted by Crippen LogP contribution is -2.57. The summed E-state index contributed by atoms with van der Waals surface area (Å²) in [6.07, 6.45) is -0.931. The van der Waals surface area contributed by atoms with Gasteiger partial charge in [-0.05, 0) is 30.2 Å². The Morgan fingerprint density at radius 1 is 1.28 bits per heavy atom. The van der Waals surface area contributed by atoms with E-state index >= 15 is 0 Å². The van der Waals surface area contributed by atoms with E-state index < -0.39 is 31.0 Å². The number of carbonyl (C=O) groups excluding carboxylic acids is 2. The second kappa shape index (κ2) is 6.78. The van der Waals surface area contributed by atoms with Gasteiger partial charge in [0, 0.05) is 31.0 Å². The number of benzene rings is 1. The van der Waals surface area contributed by atoms with E-state index in [-0.39, 0.29) is 24.1 Å². The highest BCUT2D eigenvalue weighted by Crippen LogP contribution is 2.32. The van der Waals surface area contributed by atoms with Gasteiger partial charge in [0.2, 0.25) is 5.91 Å². The Morgan fingerprint density at radius 2 is 1.96 bits per heavy atom. The highest BCUT2D eigenvalue weighted by atomic mass is 35.5. The minimum atomic E-state index is -3.06. The van der Waals surface area contributed by atoms with Gasteiger partial charge in [0.25, 0.3) is 5.92 Å². The maximum atomic E-state index is 14.1. The highest BCUT2D eigenvalue weighted by molar-refractivity contribution is 6.30. The summed E-state index contributed by atoms with van der Waals surface area (Å²) in [6, 6.07) is 5.38. The summed E-state index contributed by atoms with van der Waals surface area (Å²) in [5, 5.41) is 0.478. The van der Waals surface area contributed by atoms with Crippen LogP contribution in [0.1, 0.15) is 19.8 Å². The normalized spacial score (nSPS) is 26.0. The number of carbonyl (C=O) groups is 2. The number of nitrogens with zero attached hydrogens (tertiary/aromatic N) is 2. The molecule has 2 saturated heterocycles. The van der Waals surface area contributed by atoms with Crippen LogP contribution in [-0.4, -0.2) is 53.4 Å². The van der Waals surface area contributed by atoms with Crippen molar-refractivity contribution < 1.29 is 23.1 Å². The fourth-order valence-corrected chi connectivity index (χ4v) is 3.48. The molecule has 1 aromatic rings. The predicted octanol–water partition coefficient (Wildman–Crippen LogP) is 3.42. The van der Waals surface area contributed by atoms with Gasteiger partial charge in [-0.2, -0.15) is 0 Å². The average Bonchev–Trinajstić information content (AvgIpc) is 2.86. The molecule has 2 heterocycles. The van der Waals surface area contributed by atoms with E-state index in [1.807, 2.05) is 6.92 Å². The van der Waals surface area contributed by atoms with E-state index in [4.69, 9.17) is 16.3 Å². The number of amides is 2. The molecule has 2 aliphatic rings. The largest absolute Gasteiger partial charge is 0.415 e. The van der Waals surface area contributed by atoms with E-state index in [1.165, 1.54) is 17.0 Å². The first-order valence-electron chi connectivity index (χ1n) is 8.13. The van der Waals surface area contributed by atoms with Crippen molar-refractivity contribution in [1.29, 1.82) is 0 Å². The lowest BCUT2D eigenvalue weighted by atomic mass is 10.0. The second-order valence-electron chi connectivity index (χ2n) is 6.77. The van der Waals surface area contributed by atoms with Gasteiger partial charge < -0.3 is 9.64 Å². The Balaban J connectivity index is 1.71. The summed E-state index contributed by atoms with van der Waals surface area (Å²) < 4.78 is 33.4. The summed E-state index contributed by atoms with van der Waals surface area (Å²) in [5.74, 6) is -2.84. The smallest absolute Gasteiger partial charge is 0.410 e. The van der Waals surface area contributed by atoms with Crippen LogP contribution in [0.15, 0.2) is 24.3 Å². The Kier molecular flexibility index (Phi) is 4.86. The Bertz CT molecular complexity index is 668.